The maximum absolute atomic E-state index is 12.4. The third-order valence-corrected chi connectivity index (χ3v) is 7.23. The average Bonchev–Trinajstić information content (AvgIpc) is 3.09. The SMILES string of the molecule is Oc1ccc2c(c1)C(c1ccc(O[C@H]3CCN(CCCF)C3)cc1)=C(Br)CCS2. The highest BCUT2D eigenvalue weighted by Crippen LogP contribution is 2.42. The van der Waals surface area contributed by atoms with Gasteiger partial charge in [0.1, 0.15) is 17.6 Å². The number of allylic oxidation sites excluding steroid dienone is 1. The van der Waals surface area contributed by atoms with Gasteiger partial charge in [0.25, 0.3) is 0 Å². The lowest BCUT2D eigenvalue weighted by atomic mass is 9.96. The van der Waals surface area contributed by atoms with Crippen molar-refractivity contribution in [3.63, 3.8) is 0 Å². The standard InChI is InChI=1S/C23H25BrFNO2S/c24-21-9-13-29-22-7-4-17(27)14-20(22)23(21)16-2-5-18(6-3-16)28-19-8-12-26(15-19)11-1-10-25/h2-7,14,19,27H,1,8-13,15H2/t19-/m0/s1. The number of likely N-dealkylation sites (tertiary alicyclic amines) is 1. The topological polar surface area (TPSA) is 32.7 Å². The lowest BCUT2D eigenvalue weighted by Crippen LogP contribution is -2.26. The zero-order valence-corrected chi connectivity index (χ0v) is 18.6. The lowest BCUT2D eigenvalue weighted by molar-refractivity contribution is 0.198. The van der Waals surface area contributed by atoms with Crippen molar-refractivity contribution in [3.05, 3.63) is 58.1 Å². The predicted octanol–water partition coefficient (Wildman–Crippen LogP) is 5.86. The molecule has 0 saturated carbocycles. The summed E-state index contributed by atoms with van der Waals surface area (Å²) in [6.07, 6.45) is 2.69. The number of thioether (sulfide) groups is 1. The molecule has 1 fully saturated rings. The molecule has 4 rings (SSSR count). The van der Waals surface area contributed by atoms with Gasteiger partial charge < -0.3 is 9.84 Å². The summed E-state index contributed by atoms with van der Waals surface area (Å²) in [5, 5.41) is 10.0. The summed E-state index contributed by atoms with van der Waals surface area (Å²) in [4.78, 5) is 3.46. The van der Waals surface area contributed by atoms with E-state index < -0.39 is 0 Å². The number of phenolic OH excluding ortho intramolecular Hbond substituents is 1. The van der Waals surface area contributed by atoms with Gasteiger partial charge in [-0.1, -0.05) is 28.1 Å². The van der Waals surface area contributed by atoms with Crippen LogP contribution in [0.5, 0.6) is 11.5 Å². The molecule has 3 nitrogen and oxygen atoms in total. The molecular weight excluding hydrogens is 453 g/mol. The first-order chi connectivity index (χ1) is 14.1. The molecule has 0 spiro atoms. The summed E-state index contributed by atoms with van der Waals surface area (Å²) in [7, 11) is 0. The molecule has 0 amide bonds. The molecule has 0 aliphatic carbocycles. The number of fused-ring (bicyclic) bond motifs is 1. The summed E-state index contributed by atoms with van der Waals surface area (Å²) >= 11 is 5.59. The summed E-state index contributed by atoms with van der Waals surface area (Å²) in [5.74, 6) is 2.15. The molecular formula is C23H25BrFNO2S. The fourth-order valence-corrected chi connectivity index (χ4v) is 5.86. The zero-order valence-electron chi connectivity index (χ0n) is 16.2. The number of phenols is 1. The Labute approximate surface area is 184 Å². The van der Waals surface area contributed by atoms with E-state index in [0.29, 0.717) is 6.42 Å². The highest BCUT2D eigenvalue weighted by molar-refractivity contribution is 9.11. The van der Waals surface area contributed by atoms with E-state index in [1.165, 1.54) is 4.90 Å². The van der Waals surface area contributed by atoms with E-state index >= 15 is 0 Å². The third kappa shape index (κ3) is 4.98. The predicted molar refractivity (Wildman–Crippen MR) is 121 cm³/mol. The first kappa shape index (κ1) is 20.8. The van der Waals surface area contributed by atoms with Gasteiger partial charge in [0.2, 0.25) is 0 Å². The number of nitrogens with zero attached hydrogens (tertiary/aromatic N) is 1. The molecule has 2 aromatic rings. The van der Waals surface area contributed by atoms with Gasteiger partial charge in [-0.3, -0.25) is 9.29 Å². The van der Waals surface area contributed by atoms with E-state index in [1.807, 2.05) is 36.0 Å². The number of benzene rings is 2. The van der Waals surface area contributed by atoms with Gasteiger partial charge >= 0.3 is 0 Å². The first-order valence-corrected chi connectivity index (χ1v) is 11.8. The number of hydrogen-bond acceptors (Lipinski definition) is 4. The fraction of sp³-hybridized carbons (Fsp3) is 0.391. The Morgan fingerprint density at radius 2 is 2.03 bits per heavy atom. The summed E-state index contributed by atoms with van der Waals surface area (Å²) in [6, 6.07) is 13.8. The Bertz CT molecular complexity index is 887. The van der Waals surface area contributed by atoms with Gasteiger partial charge in [0.15, 0.2) is 0 Å². The molecule has 0 unspecified atom stereocenters. The molecule has 1 N–H and O–H groups in total. The van der Waals surface area contributed by atoms with Crippen LogP contribution in [-0.2, 0) is 0 Å². The Kier molecular flexibility index (Phi) is 6.83. The number of aromatic hydroxyl groups is 1. The van der Waals surface area contributed by atoms with Crippen LogP contribution in [0.25, 0.3) is 5.57 Å². The minimum Gasteiger partial charge on any atom is -0.508 e. The monoisotopic (exact) mass is 477 g/mol. The van der Waals surface area contributed by atoms with Crippen LogP contribution in [0.2, 0.25) is 0 Å². The van der Waals surface area contributed by atoms with Crippen molar-refractivity contribution in [2.75, 3.05) is 32.1 Å². The van der Waals surface area contributed by atoms with Gasteiger partial charge in [-0.2, -0.15) is 0 Å². The van der Waals surface area contributed by atoms with Crippen molar-refractivity contribution in [1.82, 2.24) is 4.90 Å². The van der Waals surface area contributed by atoms with Crippen molar-refractivity contribution < 1.29 is 14.2 Å². The van der Waals surface area contributed by atoms with Crippen LogP contribution < -0.4 is 4.74 Å². The number of rotatable bonds is 6. The summed E-state index contributed by atoms with van der Waals surface area (Å²) < 4.78 is 19.7. The number of hydrogen-bond donors (Lipinski definition) is 1. The Balaban J connectivity index is 1.50. The maximum atomic E-state index is 12.4. The number of ether oxygens (including phenoxy) is 1. The van der Waals surface area contributed by atoms with Crippen molar-refractivity contribution in [3.8, 4) is 11.5 Å². The van der Waals surface area contributed by atoms with Crippen LogP contribution in [0, 0.1) is 0 Å². The third-order valence-electron chi connectivity index (χ3n) is 5.37. The van der Waals surface area contributed by atoms with Crippen LogP contribution in [0.15, 0.2) is 51.8 Å². The average molecular weight is 478 g/mol. The van der Waals surface area contributed by atoms with E-state index in [9.17, 15) is 9.50 Å². The molecule has 0 bridgehead atoms. The molecule has 6 heteroatoms. The highest BCUT2D eigenvalue weighted by Gasteiger charge is 2.24. The smallest absolute Gasteiger partial charge is 0.119 e. The molecule has 29 heavy (non-hydrogen) atoms. The van der Waals surface area contributed by atoms with Crippen LogP contribution in [0.1, 0.15) is 30.4 Å². The van der Waals surface area contributed by atoms with E-state index in [1.54, 1.807) is 6.07 Å². The van der Waals surface area contributed by atoms with Crippen molar-refractivity contribution in [2.24, 2.45) is 0 Å². The van der Waals surface area contributed by atoms with Crippen LogP contribution in [0.3, 0.4) is 0 Å². The van der Waals surface area contributed by atoms with Crippen molar-refractivity contribution in [2.45, 2.75) is 30.3 Å². The number of halogens is 2. The summed E-state index contributed by atoms with van der Waals surface area (Å²) in [6.45, 7) is 2.39. The molecule has 2 heterocycles. The van der Waals surface area contributed by atoms with Crippen molar-refractivity contribution in [1.29, 1.82) is 0 Å². The van der Waals surface area contributed by atoms with Gasteiger partial charge in [-0.15, -0.1) is 11.8 Å². The van der Waals surface area contributed by atoms with Gasteiger partial charge in [-0.05, 0) is 55.2 Å². The second kappa shape index (κ2) is 9.54. The molecule has 2 aliphatic heterocycles. The van der Waals surface area contributed by atoms with Crippen LogP contribution in [-0.4, -0.2) is 48.2 Å². The maximum Gasteiger partial charge on any atom is 0.119 e. The van der Waals surface area contributed by atoms with E-state index in [0.717, 1.165) is 65.2 Å². The van der Waals surface area contributed by atoms with E-state index in [-0.39, 0.29) is 18.5 Å². The van der Waals surface area contributed by atoms with Crippen LogP contribution >= 0.6 is 27.7 Å². The minimum absolute atomic E-state index is 0.165. The number of alkyl halides is 1. The molecule has 2 aromatic carbocycles. The lowest BCUT2D eigenvalue weighted by Gasteiger charge is -2.17. The quantitative estimate of drug-likeness (QED) is 0.564. The highest BCUT2D eigenvalue weighted by atomic mass is 79.9. The minimum atomic E-state index is -0.256. The van der Waals surface area contributed by atoms with Gasteiger partial charge in [0, 0.05) is 45.9 Å². The Morgan fingerprint density at radius 3 is 2.83 bits per heavy atom. The molecule has 1 saturated heterocycles. The normalized spacial score (nSPS) is 19.9. The summed E-state index contributed by atoms with van der Waals surface area (Å²) in [5.41, 5.74) is 3.30. The Hall–Kier alpha value is -1.50. The molecule has 2 aliphatic rings. The van der Waals surface area contributed by atoms with Gasteiger partial charge in [0.05, 0.1) is 6.67 Å². The van der Waals surface area contributed by atoms with E-state index in [2.05, 4.69) is 33.0 Å². The van der Waals surface area contributed by atoms with Crippen LogP contribution in [0.4, 0.5) is 4.39 Å². The van der Waals surface area contributed by atoms with Gasteiger partial charge in [-0.25, -0.2) is 0 Å². The largest absolute Gasteiger partial charge is 0.508 e. The van der Waals surface area contributed by atoms with Crippen molar-refractivity contribution >= 4 is 33.3 Å². The Morgan fingerprint density at radius 1 is 1.21 bits per heavy atom. The zero-order chi connectivity index (χ0) is 20.2. The first-order valence-electron chi connectivity index (χ1n) is 10.0. The fourth-order valence-electron chi connectivity index (χ4n) is 3.95. The second-order valence-electron chi connectivity index (χ2n) is 7.45. The molecule has 0 radical (unpaired) electrons. The van der Waals surface area contributed by atoms with E-state index in [4.69, 9.17) is 4.74 Å². The molecule has 1 atom stereocenters. The second-order valence-corrected chi connectivity index (χ2v) is 9.55. The molecule has 0 aromatic heterocycles. The molecule has 154 valence electrons.